The molecule has 3 heterocycles. The largest absolute Gasteiger partial charge is 0.477 e. The molecule has 3 aliphatic heterocycles. The molecule has 7 nitrogen and oxygen atoms in total. The molecule has 0 radical (unpaired) electrons. The Hall–Kier alpha value is -1.18. The maximum Gasteiger partial charge on any atom is 0.359 e. The highest BCUT2D eigenvalue weighted by atomic mass is 16.4. The summed E-state index contributed by atoms with van der Waals surface area (Å²) in [6.45, 7) is 12.8. The Balaban J connectivity index is 1.52. The van der Waals surface area contributed by atoms with Gasteiger partial charge in [0, 0.05) is 70.0 Å². The summed E-state index contributed by atoms with van der Waals surface area (Å²) in [5.41, 5.74) is 0. The molecule has 0 atom stereocenters. The molecule has 0 unspecified atom stereocenters. The molecule has 7 heteroatoms. The van der Waals surface area contributed by atoms with E-state index >= 15 is 0 Å². The average Bonchev–Trinajstić information content (AvgIpc) is 2.58. The van der Waals surface area contributed by atoms with E-state index in [9.17, 15) is 14.7 Å². The fraction of sp³-hybridized carbons (Fsp3) is 0.895. The quantitative estimate of drug-likeness (QED) is 0.650. The Morgan fingerprint density at radius 3 is 2.19 bits per heavy atom. The first-order chi connectivity index (χ1) is 12.4. The van der Waals surface area contributed by atoms with Gasteiger partial charge in [-0.3, -0.25) is 9.69 Å². The van der Waals surface area contributed by atoms with Crippen LogP contribution < -0.4 is 5.32 Å². The van der Waals surface area contributed by atoms with Crippen LogP contribution in [0.3, 0.4) is 0 Å². The number of carboxylic acids is 1. The van der Waals surface area contributed by atoms with Crippen molar-refractivity contribution >= 4 is 11.9 Å². The molecule has 1 amide bonds. The second-order valence-corrected chi connectivity index (χ2v) is 8.78. The molecule has 0 bridgehead atoms. The summed E-state index contributed by atoms with van der Waals surface area (Å²) in [5, 5.41) is 12.7. The van der Waals surface area contributed by atoms with Crippen LogP contribution in [0.4, 0.5) is 0 Å². The zero-order valence-electron chi connectivity index (χ0n) is 16.3. The first-order valence-electron chi connectivity index (χ1n) is 10.2. The van der Waals surface area contributed by atoms with Crippen LogP contribution >= 0.6 is 0 Å². The second-order valence-electron chi connectivity index (χ2n) is 8.78. The van der Waals surface area contributed by atoms with Gasteiger partial charge in [0.1, 0.15) is 0 Å². The van der Waals surface area contributed by atoms with Gasteiger partial charge in [0.2, 0.25) is 5.91 Å². The zero-order valence-corrected chi connectivity index (χ0v) is 16.3. The van der Waals surface area contributed by atoms with Crippen LogP contribution in [0.25, 0.3) is 0 Å². The average molecular weight is 368 g/mol. The summed E-state index contributed by atoms with van der Waals surface area (Å²) in [4.78, 5) is 28.8. The van der Waals surface area contributed by atoms with E-state index in [1.807, 2.05) is 4.90 Å². The van der Waals surface area contributed by atoms with Crippen molar-refractivity contribution in [3.05, 3.63) is 0 Å². The predicted octanol–water partition coefficient (Wildman–Crippen LogP) is 0.0698. The van der Waals surface area contributed by atoms with Crippen molar-refractivity contribution in [2.24, 2.45) is 11.8 Å². The molecule has 0 saturated carbocycles. The van der Waals surface area contributed by atoms with E-state index in [0.717, 1.165) is 71.7 Å². The molecule has 0 aromatic rings. The summed E-state index contributed by atoms with van der Waals surface area (Å²) in [5.74, 6) is 0.254. The minimum atomic E-state index is -0.716. The molecule has 3 saturated heterocycles. The molecule has 0 aromatic carbocycles. The molecule has 0 spiro atoms. The Labute approximate surface area is 156 Å². The fourth-order valence-electron chi connectivity index (χ4n) is 4.80. The molecular weight excluding hydrogens is 332 g/mol. The van der Waals surface area contributed by atoms with Crippen LogP contribution in [0.5, 0.6) is 0 Å². The molecule has 2 N–H and O–H groups in total. The molecular formula is C19H35N4O3+. The van der Waals surface area contributed by atoms with E-state index in [1.54, 1.807) is 0 Å². The van der Waals surface area contributed by atoms with Crippen LogP contribution in [0.2, 0.25) is 0 Å². The van der Waals surface area contributed by atoms with Crippen LogP contribution in [0.1, 0.15) is 26.7 Å². The van der Waals surface area contributed by atoms with Gasteiger partial charge in [-0.15, -0.1) is 0 Å². The number of carbonyl (C=O) groups is 2. The Kier molecular flexibility index (Phi) is 6.20. The lowest BCUT2D eigenvalue weighted by Crippen LogP contribution is -2.62. The second kappa shape index (κ2) is 8.23. The number of piperidine rings is 1. The maximum absolute atomic E-state index is 12.9. The number of nitrogens with zero attached hydrogens (tertiary/aromatic N) is 3. The summed E-state index contributed by atoms with van der Waals surface area (Å²) in [7, 11) is 0. The molecule has 0 aromatic heterocycles. The van der Waals surface area contributed by atoms with Gasteiger partial charge in [0.25, 0.3) is 0 Å². The Morgan fingerprint density at radius 1 is 1.12 bits per heavy atom. The van der Waals surface area contributed by atoms with Crippen molar-refractivity contribution < 1.29 is 19.2 Å². The number of hydrogen-bond donors (Lipinski definition) is 2. The lowest BCUT2D eigenvalue weighted by molar-refractivity contribution is -0.929. The van der Waals surface area contributed by atoms with Crippen molar-refractivity contribution in [1.82, 2.24) is 15.1 Å². The normalized spacial score (nSPS) is 31.0. The van der Waals surface area contributed by atoms with Crippen molar-refractivity contribution in [2.45, 2.75) is 32.7 Å². The highest BCUT2D eigenvalue weighted by molar-refractivity contribution is 5.79. The van der Waals surface area contributed by atoms with Crippen molar-refractivity contribution in [1.29, 1.82) is 0 Å². The van der Waals surface area contributed by atoms with E-state index < -0.39 is 5.97 Å². The first-order valence-corrected chi connectivity index (χ1v) is 10.2. The maximum atomic E-state index is 12.9. The lowest BCUT2D eigenvalue weighted by atomic mass is 9.90. The van der Waals surface area contributed by atoms with Crippen molar-refractivity contribution in [3.8, 4) is 0 Å². The Bertz CT molecular complexity index is 505. The van der Waals surface area contributed by atoms with Gasteiger partial charge in [0.05, 0.1) is 19.6 Å². The van der Waals surface area contributed by atoms with E-state index in [2.05, 4.69) is 24.1 Å². The number of carboxylic acid groups (broad SMARTS) is 1. The number of quaternary nitrogens is 1. The lowest BCUT2D eigenvalue weighted by Gasteiger charge is -2.46. The molecule has 3 aliphatic rings. The highest BCUT2D eigenvalue weighted by Gasteiger charge is 2.41. The monoisotopic (exact) mass is 367 g/mol. The summed E-state index contributed by atoms with van der Waals surface area (Å²) < 4.78 is 0.659. The number of amides is 1. The zero-order chi connectivity index (χ0) is 18.7. The van der Waals surface area contributed by atoms with Crippen molar-refractivity contribution in [3.63, 3.8) is 0 Å². The number of carbonyl (C=O) groups excluding carboxylic acids is 1. The van der Waals surface area contributed by atoms with Gasteiger partial charge in [0.15, 0.2) is 6.54 Å². The summed E-state index contributed by atoms with van der Waals surface area (Å²) in [6.07, 6.45) is 1.66. The topological polar surface area (TPSA) is 72.9 Å². The molecule has 26 heavy (non-hydrogen) atoms. The minimum Gasteiger partial charge on any atom is -0.477 e. The summed E-state index contributed by atoms with van der Waals surface area (Å²) in [6, 6.07) is 0.539. The number of piperazine rings is 1. The van der Waals surface area contributed by atoms with Crippen molar-refractivity contribution in [2.75, 3.05) is 65.4 Å². The molecule has 3 fully saturated rings. The van der Waals surface area contributed by atoms with Crippen LogP contribution in [0.15, 0.2) is 0 Å². The third-order valence-corrected chi connectivity index (χ3v) is 6.59. The minimum absolute atomic E-state index is 0.0835. The smallest absolute Gasteiger partial charge is 0.359 e. The number of rotatable bonds is 6. The third kappa shape index (κ3) is 4.56. The van der Waals surface area contributed by atoms with Gasteiger partial charge in [-0.1, -0.05) is 0 Å². The van der Waals surface area contributed by atoms with Gasteiger partial charge < -0.3 is 19.8 Å². The van der Waals surface area contributed by atoms with E-state index in [1.165, 1.54) is 0 Å². The number of aliphatic carboxylic acids is 1. The van der Waals surface area contributed by atoms with E-state index in [4.69, 9.17) is 0 Å². The SMILES string of the molecule is CC(C)N1CCN(C(=O)C2CC[N+](CC(=O)O)(CC3CNC3)CC2)CC1. The van der Waals surface area contributed by atoms with Gasteiger partial charge in [-0.2, -0.15) is 0 Å². The van der Waals surface area contributed by atoms with E-state index in [0.29, 0.717) is 22.3 Å². The third-order valence-electron chi connectivity index (χ3n) is 6.59. The predicted molar refractivity (Wildman–Crippen MR) is 99.7 cm³/mol. The van der Waals surface area contributed by atoms with Crippen LogP contribution in [-0.2, 0) is 9.59 Å². The van der Waals surface area contributed by atoms with Crippen LogP contribution in [-0.4, -0.2) is 103 Å². The molecule has 3 rings (SSSR count). The number of hydrogen-bond acceptors (Lipinski definition) is 4. The van der Waals surface area contributed by atoms with Crippen LogP contribution in [0, 0.1) is 11.8 Å². The van der Waals surface area contributed by atoms with Gasteiger partial charge >= 0.3 is 5.97 Å². The highest BCUT2D eigenvalue weighted by Crippen LogP contribution is 2.28. The Morgan fingerprint density at radius 2 is 1.73 bits per heavy atom. The number of likely N-dealkylation sites (tertiary alicyclic amines) is 1. The summed E-state index contributed by atoms with van der Waals surface area (Å²) >= 11 is 0. The fourth-order valence-corrected chi connectivity index (χ4v) is 4.80. The van der Waals surface area contributed by atoms with Gasteiger partial charge in [-0.25, -0.2) is 4.79 Å². The standard InChI is InChI=1S/C19H34N4O3/c1-15(2)21-5-7-22(8-6-21)19(26)17-3-9-23(10-4-17,14-18(24)25)13-16-11-20-12-16/h15-17,20H,3-14H2,1-2H3/p+1. The number of nitrogens with one attached hydrogen (secondary N) is 1. The van der Waals surface area contributed by atoms with Gasteiger partial charge in [-0.05, 0) is 13.8 Å². The van der Waals surface area contributed by atoms with E-state index in [-0.39, 0.29) is 12.5 Å². The molecule has 148 valence electrons. The molecule has 0 aliphatic carbocycles. The first kappa shape index (κ1) is 19.6.